The zero-order valence-electron chi connectivity index (χ0n) is 12.3. The molecule has 0 aromatic heterocycles. The molecule has 3 heteroatoms. The third-order valence-corrected chi connectivity index (χ3v) is 3.06. The minimum Gasteiger partial charge on any atom is -0.496 e. The van der Waals surface area contributed by atoms with Crippen LogP contribution in [-0.2, 0) is 4.74 Å². The average molecular weight is 282 g/mol. The molecule has 21 heavy (non-hydrogen) atoms. The van der Waals surface area contributed by atoms with Crippen LogP contribution in [0.15, 0.2) is 61.7 Å². The monoisotopic (exact) mass is 282 g/mol. The van der Waals surface area contributed by atoms with Crippen molar-refractivity contribution in [2.45, 2.75) is 0 Å². The Hall–Kier alpha value is -2.68. The fraction of sp³-hybridized carbons (Fsp3) is 0.111. The number of methoxy groups -OCH3 is 2. The van der Waals surface area contributed by atoms with Crippen LogP contribution in [0.4, 0.5) is 0 Å². The molecule has 0 N–H and O–H groups in total. The van der Waals surface area contributed by atoms with Gasteiger partial charge >= 0.3 is 0 Å². The second kappa shape index (κ2) is 6.66. The van der Waals surface area contributed by atoms with Gasteiger partial charge < -0.3 is 14.2 Å². The van der Waals surface area contributed by atoms with E-state index < -0.39 is 0 Å². The van der Waals surface area contributed by atoms with Crippen molar-refractivity contribution in [1.29, 1.82) is 0 Å². The molecular weight excluding hydrogens is 264 g/mol. The van der Waals surface area contributed by atoms with Crippen LogP contribution in [0.25, 0.3) is 11.5 Å². The topological polar surface area (TPSA) is 27.7 Å². The van der Waals surface area contributed by atoms with E-state index in [1.54, 1.807) is 14.2 Å². The number of ether oxygens (including phenoxy) is 3. The van der Waals surface area contributed by atoms with Gasteiger partial charge in [-0.1, -0.05) is 37.4 Å². The van der Waals surface area contributed by atoms with E-state index in [0.717, 1.165) is 11.1 Å². The molecule has 0 radical (unpaired) electrons. The largest absolute Gasteiger partial charge is 0.496 e. The second-order valence-electron chi connectivity index (χ2n) is 4.35. The van der Waals surface area contributed by atoms with Crippen molar-refractivity contribution in [2.24, 2.45) is 0 Å². The summed E-state index contributed by atoms with van der Waals surface area (Å²) in [5, 5.41) is 0. The molecule has 0 unspecified atom stereocenters. The van der Waals surface area contributed by atoms with Crippen LogP contribution < -0.4 is 9.47 Å². The molecule has 0 aliphatic heterocycles. The third kappa shape index (κ3) is 3.26. The van der Waals surface area contributed by atoms with Crippen molar-refractivity contribution >= 4 is 11.5 Å². The fourth-order valence-corrected chi connectivity index (χ4v) is 2.01. The second-order valence-corrected chi connectivity index (χ2v) is 4.35. The van der Waals surface area contributed by atoms with Crippen LogP contribution >= 0.6 is 0 Å². The normalized spacial score (nSPS) is 9.81. The summed E-state index contributed by atoms with van der Waals surface area (Å²) in [6.45, 7) is 7.90. The van der Waals surface area contributed by atoms with Crippen molar-refractivity contribution in [2.75, 3.05) is 14.2 Å². The molecule has 0 fully saturated rings. The van der Waals surface area contributed by atoms with E-state index in [0.29, 0.717) is 23.0 Å². The molecule has 0 heterocycles. The Morgan fingerprint density at radius 3 is 1.48 bits per heavy atom. The summed E-state index contributed by atoms with van der Waals surface area (Å²) in [6, 6.07) is 15.1. The quantitative estimate of drug-likeness (QED) is 0.737. The highest BCUT2D eigenvalue weighted by Crippen LogP contribution is 2.32. The summed E-state index contributed by atoms with van der Waals surface area (Å²) in [6.07, 6.45) is 0. The third-order valence-electron chi connectivity index (χ3n) is 3.06. The Morgan fingerprint density at radius 2 is 1.10 bits per heavy atom. The molecule has 0 aliphatic carbocycles. The van der Waals surface area contributed by atoms with E-state index in [1.165, 1.54) is 0 Å². The molecule has 3 nitrogen and oxygen atoms in total. The van der Waals surface area contributed by atoms with Crippen LogP contribution in [0.5, 0.6) is 11.5 Å². The van der Waals surface area contributed by atoms with Crippen molar-refractivity contribution in [3.63, 3.8) is 0 Å². The first-order valence-corrected chi connectivity index (χ1v) is 6.49. The maximum atomic E-state index is 5.76. The van der Waals surface area contributed by atoms with Crippen molar-refractivity contribution in [1.82, 2.24) is 0 Å². The van der Waals surface area contributed by atoms with Crippen molar-refractivity contribution in [3.8, 4) is 11.5 Å². The first kappa shape index (κ1) is 14.7. The molecule has 2 aromatic rings. The first-order chi connectivity index (χ1) is 10.2. The lowest BCUT2D eigenvalue weighted by molar-refractivity contribution is 0.400. The molecule has 0 aliphatic rings. The number of hydrogen-bond acceptors (Lipinski definition) is 3. The van der Waals surface area contributed by atoms with Gasteiger partial charge in [0.05, 0.1) is 25.3 Å². The smallest absolute Gasteiger partial charge is 0.131 e. The summed E-state index contributed by atoms with van der Waals surface area (Å²) >= 11 is 0. The molecule has 0 saturated heterocycles. The Morgan fingerprint density at radius 1 is 0.714 bits per heavy atom. The predicted octanol–water partition coefficient (Wildman–Crippen LogP) is 4.36. The maximum Gasteiger partial charge on any atom is 0.131 e. The molecule has 0 bridgehead atoms. The van der Waals surface area contributed by atoms with Gasteiger partial charge in [0.15, 0.2) is 0 Å². The SMILES string of the molecule is C=C(OC(=C)c1ccccc1OC)c1ccccc1OC. The van der Waals surface area contributed by atoms with Gasteiger partial charge in [0.2, 0.25) is 0 Å². The highest BCUT2D eigenvalue weighted by Gasteiger charge is 2.12. The summed E-state index contributed by atoms with van der Waals surface area (Å²) in [4.78, 5) is 0. The standard InChI is InChI=1S/C18H18O3/c1-13(15-9-5-7-11-17(15)19-3)21-14(2)16-10-6-8-12-18(16)20-4/h5-12H,1-2H2,3-4H3. The lowest BCUT2D eigenvalue weighted by Gasteiger charge is -2.15. The number of hydrogen-bond donors (Lipinski definition) is 0. The van der Waals surface area contributed by atoms with E-state index >= 15 is 0 Å². The zero-order chi connectivity index (χ0) is 15.2. The van der Waals surface area contributed by atoms with Gasteiger partial charge in [-0.25, -0.2) is 0 Å². The Kier molecular flexibility index (Phi) is 4.67. The Balaban J connectivity index is 2.21. The zero-order valence-corrected chi connectivity index (χ0v) is 12.3. The van der Waals surface area contributed by atoms with Crippen LogP contribution in [0, 0.1) is 0 Å². The minimum absolute atomic E-state index is 0.475. The molecule has 0 amide bonds. The average Bonchev–Trinajstić information content (AvgIpc) is 2.54. The van der Waals surface area contributed by atoms with E-state index in [2.05, 4.69) is 13.2 Å². The predicted molar refractivity (Wildman–Crippen MR) is 85.1 cm³/mol. The highest BCUT2D eigenvalue weighted by atomic mass is 16.5. The maximum absolute atomic E-state index is 5.76. The molecule has 2 rings (SSSR count). The van der Waals surface area contributed by atoms with E-state index in [9.17, 15) is 0 Å². The summed E-state index contributed by atoms with van der Waals surface area (Å²) in [7, 11) is 3.22. The van der Waals surface area contributed by atoms with Crippen molar-refractivity contribution in [3.05, 3.63) is 72.8 Å². The van der Waals surface area contributed by atoms with Gasteiger partial charge in [0.1, 0.15) is 23.0 Å². The van der Waals surface area contributed by atoms with E-state index in [-0.39, 0.29) is 0 Å². The van der Waals surface area contributed by atoms with E-state index in [4.69, 9.17) is 14.2 Å². The van der Waals surface area contributed by atoms with Gasteiger partial charge in [-0.15, -0.1) is 0 Å². The fourth-order valence-electron chi connectivity index (χ4n) is 2.01. The molecule has 0 saturated carbocycles. The number of para-hydroxylation sites is 2. The number of benzene rings is 2. The summed E-state index contributed by atoms with van der Waals surface area (Å²) < 4.78 is 16.4. The summed E-state index contributed by atoms with van der Waals surface area (Å²) in [5.74, 6) is 2.36. The molecule has 0 spiro atoms. The lowest BCUT2D eigenvalue weighted by Crippen LogP contribution is -1.96. The minimum atomic E-state index is 0.475. The highest BCUT2D eigenvalue weighted by molar-refractivity contribution is 5.72. The number of rotatable bonds is 6. The molecule has 2 aromatic carbocycles. The molecule has 108 valence electrons. The first-order valence-electron chi connectivity index (χ1n) is 6.49. The molecular formula is C18H18O3. The molecule has 0 atom stereocenters. The lowest BCUT2D eigenvalue weighted by atomic mass is 10.1. The van der Waals surface area contributed by atoms with E-state index in [1.807, 2.05) is 48.5 Å². The van der Waals surface area contributed by atoms with Gasteiger partial charge in [0, 0.05) is 0 Å². The van der Waals surface area contributed by atoms with Gasteiger partial charge in [-0.3, -0.25) is 0 Å². The van der Waals surface area contributed by atoms with Gasteiger partial charge in [0.25, 0.3) is 0 Å². The van der Waals surface area contributed by atoms with Crippen molar-refractivity contribution < 1.29 is 14.2 Å². The van der Waals surface area contributed by atoms with Crippen LogP contribution in [0.2, 0.25) is 0 Å². The van der Waals surface area contributed by atoms with Gasteiger partial charge in [-0.05, 0) is 24.3 Å². The Bertz CT molecular complexity index is 602. The van der Waals surface area contributed by atoms with Gasteiger partial charge in [-0.2, -0.15) is 0 Å². The van der Waals surface area contributed by atoms with Crippen LogP contribution in [0.3, 0.4) is 0 Å². The Labute approximate surface area is 125 Å². The van der Waals surface area contributed by atoms with Crippen LogP contribution in [-0.4, -0.2) is 14.2 Å². The summed E-state index contributed by atoms with van der Waals surface area (Å²) in [5.41, 5.74) is 1.58. The van der Waals surface area contributed by atoms with Crippen LogP contribution in [0.1, 0.15) is 11.1 Å².